The number of aromatic nitrogens is 1. The van der Waals surface area contributed by atoms with Crippen molar-refractivity contribution in [2.75, 3.05) is 30.4 Å². The van der Waals surface area contributed by atoms with Gasteiger partial charge < -0.3 is 24.8 Å². The molecule has 0 bridgehead atoms. The zero-order valence-electron chi connectivity index (χ0n) is 18.6. The minimum atomic E-state index is -0.272. The van der Waals surface area contributed by atoms with Gasteiger partial charge in [-0.3, -0.25) is 9.59 Å². The van der Waals surface area contributed by atoms with Gasteiger partial charge >= 0.3 is 0 Å². The molecule has 1 atom stereocenters. The molecule has 0 saturated carbocycles. The first-order valence-electron chi connectivity index (χ1n) is 11.1. The van der Waals surface area contributed by atoms with Gasteiger partial charge in [-0.15, -0.1) is 0 Å². The summed E-state index contributed by atoms with van der Waals surface area (Å²) in [5, 5.41) is 6.90. The molecule has 0 radical (unpaired) electrons. The first-order valence-corrected chi connectivity index (χ1v) is 11.1. The fourth-order valence-corrected chi connectivity index (χ4v) is 4.22. The maximum atomic E-state index is 12.5. The zero-order chi connectivity index (χ0) is 22.5. The summed E-state index contributed by atoms with van der Waals surface area (Å²) in [7, 11) is 1.63. The topological polar surface area (TPSA) is 75.6 Å². The van der Waals surface area contributed by atoms with E-state index in [1.807, 2.05) is 60.2 Å². The zero-order valence-corrected chi connectivity index (χ0v) is 18.6. The standard InChI is InChI=1S/C25H30N4O3/c1-18(14-24(30)27-20-6-5-7-21(16-20)28-11-3-4-12-28)26-25(31)17-29-13-10-19-15-22(32-2)8-9-23(19)29/h5-10,13,15-16,18H,3-4,11-12,14,17H2,1-2H3,(H,26,31)(H,27,30). The highest BCUT2D eigenvalue weighted by atomic mass is 16.5. The van der Waals surface area contributed by atoms with Crippen LogP contribution in [0, 0.1) is 0 Å². The third kappa shape index (κ3) is 5.22. The van der Waals surface area contributed by atoms with Crippen molar-refractivity contribution in [1.82, 2.24) is 9.88 Å². The van der Waals surface area contributed by atoms with Gasteiger partial charge in [0.25, 0.3) is 0 Å². The Morgan fingerprint density at radius 2 is 1.88 bits per heavy atom. The number of amides is 2. The van der Waals surface area contributed by atoms with Crippen molar-refractivity contribution in [1.29, 1.82) is 0 Å². The van der Waals surface area contributed by atoms with Crippen LogP contribution in [-0.4, -0.2) is 42.6 Å². The summed E-state index contributed by atoms with van der Waals surface area (Å²) in [6, 6.07) is 15.4. The largest absolute Gasteiger partial charge is 0.497 e. The van der Waals surface area contributed by atoms with Crippen LogP contribution >= 0.6 is 0 Å². The van der Waals surface area contributed by atoms with Gasteiger partial charge in [-0.1, -0.05) is 6.07 Å². The van der Waals surface area contributed by atoms with Gasteiger partial charge in [-0.05, 0) is 62.2 Å². The van der Waals surface area contributed by atoms with Gasteiger partial charge in [0.1, 0.15) is 12.3 Å². The predicted molar refractivity (Wildman–Crippen MR) is 127 cm³/mol. The number of hydrogen-bond donors (Lipinski definition) is 2. The van der Waals surface area contributed by atoms with E-state index in [1.54, 1.807) is 7.11 Å². The summed E-state index contributed by atoms with van der Waals surface area (Å²) in [5.74, 6) is 0.537. The minimum Gasteiger partial charge on any atom is -0.497 e. The molecule has 2 amide bonds. The number of fused-ring (bicyclic) bond motifs is 1. The minimum absolute atomic E-state index is 0.116. The Bertz CT molecular complexity index is 1100. The molecule has 1 aromatic heterocycles. The lowest BCUT2D eigenvalue weighted by Crippen LogP contribution is -2.37. The van der Waals surface area contributed by atoms with Crippen molar-refractivity contribution in [3.8, 4) is 5.75 Å². The number of ether oxygens (including phenoxy) is 1. The smallest absolute Gasteiger partial charge is 0.240 e. The lowest BCUT2D eigenvalue weighted by molar-refractivity contribution is -0.122. The summed E-state index contributed by atoms with van der Waals surface area (Å²) in [5.41, 5.74) is 2.88. The van der Waals surface area contributed by atoms with Crippen molar-refractivity contribution in [2.45, 2.75) is 38.8 Å². The second-order valence-electron chi connectivity index (χ2n) is 8.33. The van der Waals surface area contributed by atoms with Crippen LogP contribution in [0.25, 0.3) is 10.9 Å². The third-order valence-corrected chi connectivity index (χ3v) is 5.79. The molecule has 1 fully saturated rings. The maximum absolute atomic E-state index is 12.5. The number of methoxy groups -OCH3 is 1. The van der Waals surface area contributed by atoms with Crippen molar-refractivity contribution < 1.29 is 14.3 Å². The summed E-state index contributed by atoms with van der Waals surface area (Å²) >= 11 is 0. The number of nitrogens with one attached hydrogen (secondary N) is 2. The van der Waals surface area contributed by atoms with Crippen molar-refractivity contribution in [3.63, 3.8) is 0 Å². The van der Waals surface area contributed by atoms with Crippen LogP contribution in [0.4, 0.5) is 11.4 Å². The van der Waals surface area contributed by atoms with E-state index in [0.717, 1.165) is 41.1 Å². The molecule has 4 rings (SSSR count). The molecule has 7 heteroatoms. The second kappa shape index (κ2) is 9.77. The van der Waals surface area contributed by atoms with Gasteiger partial charge in [0.15, 0.2) is 0 Å². The van der Waals surface area contributed by atoms with Crippen LogP contribution in [0.3, 0.4) is 0 Å². The second-order valence-corrected chi connectivity index (χ2v) is 8.33. The van der Waals surface area contributed by atoms with Gasteiger partial charge in [0.05, 0.1) is 7.11 Å². The first kappa shape index (κ1) is 21.7. The SMILES string of the molecule is COc1ccc2c(ccn2CC(=O)NC(C)CC(=O)Nc2cccc(N3CCCC3)c2)c1. The Kier molecular flexibility index (Phi) is 6.63. The Labute approximate surface area is 188 Å². The number of anilines is 2. The van der Waals surface area contributed by atoms with Crippen LogP contribution in [0.2, 0.25) is 0 Å². The molecule has 1 aliphatic rings. The van der Waals surface area contributed by atoms with Gasteiger partial charge in [0, 0.05) is 54.0 Å². The monoisotopic (exact) mass is 434 g/mol. The van der Waals surface area contributed by atoms with Crippen LogP contribution in [0.1, 0.15) is 26.2 Å². The van der Waals surface area contributed by atoms with Gasteiger partial charge in [0.2, 0.25) is 11.8 Å². The molecule has 32 heavy (non-hydrogen) atoms. The predicted octanol–water partition coefficient (Wildman–Crippen LogP) is 3.78. The summed E-state index contributed by atoms with van der Waals surface area (Å²) in [4.78, 5) is 27.4. The highest BCUT2D eigenvalue weighted by Gasteiger charge is 2.15. The van der Waals surface area contributed by atoms with E-state index in [9.17, 15) is 9.59 Å². The van der Waals surface area contributed by atoms with E-state index < -0.39 is 0 Å². The number of benzene rings is 2. The molecule has 2 aromatic carbocycles. The normalized spacial score (nSPS) is 14.4. The molecule has 0 aliphatic carbocycles. The van der Waals surface area contributed by atoms with Gasteiger partial charge in [-0.2, -0.15) is 0 Å². The van der Waals surface area contributed by atoms with Crippen molar-refractivity contribution in [2.24, 2.45) is 0 Å². The molecule has 7 nitrogen and oxygen atoms in total. The van der Waals surface area contributed by atoms with Crippen LogP contribution in [0.15, 0.2) is 54.7 Å². The lowest BCUT2D eigenvalue weighted by Gasteiger charge is -2.19. The molecule has 2 heterocycles. The lowest BCUT2D eigenvalue weighted by atomic mass is 10.2. The van der Waals surface area contributed by atoms with E-state index in [1.165, 1.54) is 12.8 Å². The molecular weight excluding hydrogens is 404 g/mol. The number of rotatable bonds is 8. The highest BCUT2D eigenvalue weighted by Crippen LogP contribution is 2.24. The highest BCUT2D eigenvalue weighted by molar-refractivity contribution is 5.92. The number of hydrogen-bond acceptors (Lipinski definition) is 4. The molecule has 0 spiro atoms. The molecular formula is C25H30N4O3. The fraction of sp³-hybridized carbons (Fsp3) is 0.360. The molecule has 3 aromatic rings. The Morgan fingerprint density at radius 3 is 2.66 bits per heavy atom. The van der Waals surface area contributed by atoms with Crippen LogP contribution in [-0.2, 0) is 16.1 Å². The van der Waals surface area contributed by atoms with Crippen LogP contribution < -0.4 is 20.3 Å². The summed E-state index contributed by atoms with van der Waals surface area (Å²) < 4.78 is 7.14. The summed E-state index contributed by atoms with van der Waals surface area (Å²) in [6.07, 6.45) is 4.51. The van der Waals surface area contributed by atoms with E-state index in [2.05, 4.69) is 21.6 Å². The summed E-state index contributed by atoms with van der Waals surface area (Å²) in [6.45, 7) is 4.16. The number of carbonyl (C=O) groups is 2. The van der Waals surface area contributed by atoms with E-state index in [0.29, 0.717) is 0 Å². The molecule has 1 unspecified atom stereocenters. The van der Waals surface area contributed by atoms with E-state index >= 15 is 0 Å². The Hall–Kier alpha value is -3.48. The average molecular weight is 435 g/mol. The molecule has 1 aliphatic heterocycles. The van der Waals surface area contributed by atoms with Crippen LogP contribution in [0.5, 0.6) is 5.75 Å². The van der Waals surface area contributed by atoms with Crippen molar-refractivity contribution in [3.05, 3.63) is 54.7 Å². The Balaban J connectivity index is 1.29. The third-order valence-electron chi connectivity index (χ3n) is 5.79. The molecule has 168 valence electrons. The fourth-order valence-electron chi connectivity index (χ4n) is 4.22. The quantitative estimate of drug-likeness (QED) is 0.566. The van der Waals surface area contributed by atoms with E-state index in [-0.39, 0.29) is 30.8 Å². The average Bonchev–Trinajstić information content (AvgIpc) is 3.44. The molecule has 1 saturated heterocycles. The Morgan fingerprint density at radius 1 is 1.06 bits per heavy atom. The number of carbonyl (C=O) groups excluding carboxylic acids is 2. The first-order chi connectivity index (χ1) is 15.5. The van der Waals surface area contributed by atoms with E-state index in [4.69, 9.17) is 4.74 Å². The van der Waals surface area contributed by atoms with Gasteiger partial charge in [-0.25, -0.2) is 0 Å². The molecule has 2 N–H and O–H groups in total. The maximum Gasteiger partial charge on any atom is 0.240 e. The van der Waals surface area contributed by atoms with Crippen molar-refractivity contribution >= 4 is 34.1 Å². The number of nitrogens with zero attached hydrogens (tertiary/aromatic N) is 2.